The van der Waals surface area contributed by atoms with Gasteiger partial charge in [-0.3, -0.25) is 4.98 Å². The van der Waals surface area contributed by atoms with E-state index in [9.17, 15) is 0 Å². The van der Waals surface area contributed by atoms with Gasteiger partial charge in [-0.1, -0.05) is 48.5 Å². The highest BCUT2D eigenvalue weighted by Crippen LogP contribution is 2.28. The van der Waals surface area contributed by atoms with Gasteiger partial charge in [0.25, 0.3) is 0 Å². The standard InChI is InChI=1S/C20H15NO2/c1-2-6-15(7-3-1)18-14-22-12-17(18)13-23-19-10-4-8-16-9-5-11-21-20(16)19/h1-12,14H,13H2. The van der Waals surface area contributed by atoms with Crippen molar-refractivity contribution in [1.82, 2.24) is 4.98 Å². The molecule has 4 aromatic rings. The zero-order valence-corrected chi connectivity index (χ0v) is 12.5. The van der Waals surface area contributed by atoms with Crippen LogP contribution < -0.4 is 4.74 Å². The lowest BCUT2D eigenvalue weighted by molar-refractivity contribution is 0.308. The number of rotatable bonds is 4. The summed E-state index contributed by atoms with van der Waals surface area (Å²) >= 11 is 0. The lowest BCUT2D eigenvalue weighted by Crippen LogP contribution is -1.97. The molecular formula is C20H15NO2. The first-order chi connectivity index (χ1) is 11.4. The highest BCUT2D eigenvalue weighted by molar-refractivity contribution is 5.84. The summed E-state index contributed by atoms with van der Waals surface area (Å²) in [6, 6.07) is 20.1. The average molecular weight is 301 g/mol. The molecule has 23 heavy (non-hydrogen) atoms. The lowest BCUT2D eigenvalue weighted by atomic mass is 10.1. The molecule has 3 nitrogen and oxygen atoms in total. The molecule has 2 aromatic carbocycles. The number of nitrogens with zero attached hydrogens (tertiary/aromatic N) is 1. The van der Waals surface area contributed by atoms with Gasteiger partial charge in [0.2, 0.25) is 0 Å². The Morgan fingerprint density at radius 3 is 2.65 bits per heavy atom. The zero-order valence-electron chi connectivity index (χ0n) is 12.5. The summed E-state index contributed by atoms with van der Waals surface area (Å²) < 4.78 is 11.4. The van der Waals surface area contributed by atoms with Gasteiger partial charge in [0.15, 0.2) is 0 Å². The molecule has 0 atom stereocenters. The fourth-order valence-corrected chi connectivity index (χ4v) is 2.65. The van der Waals surface area contributed by atoms with Crippen LogP contribution in [0.2, 0.25) is 0 Å². The second-order valence-corrected chi connectivity index (χ2v) is 5.30. The second-order valence-electron chi connectivity index (χ2n) is 5.30. The Morgan fingerprint density at radius 2 is 1.74 bits per heavy atom. The number of pyridine rings is 1. The maximum Gasteiger partial charge on any atom is 0.146 e. The van der Waals surface area contributed by atoms with Crippen LogP contribution in [0.1, 0.15) is 5.56 Å². The zero-order chi connectivity index (χ0) is 15.5. The summed E-state index contributed by atoms with van der Waals surface area (Å²) in [7, 11) is 0. The number of furan rings is 1. The minimum absolute atomic E-state index is 0.441. The number of aromatic nitrogens is 1. The summed E-state index contributed by atoms with van der Waals surface area (Å²) in [5.74, 6) is 0.781. The predicted molar refractivity (Wildman–Crippen MR) is 90.2 cm³/mol. The number of hydrogen-bond acceptors (Lipinski definition) is 3. The van der Waals surface area contributed by atoms with E-state index in [0.717, 1.165) is 33.3 Å². The van der Waals surface area contributed by atoms with Crippen molar-refractivity contribution in [1.29, 1.82) is 0 Å². The number of benzene rings is 2. The van der Waals surface area contributed by atoms with Crippen molar-refractivity contribution in [2.45, 2.75) is 6.61 Å². The molecule has 0 amide bonds. The molecular weight excluding hydrogens is 286 g/mol. The summed E-state index contributed by atoms with van der Waals surface area (Å²) in [5.41, 5.74) is 4.07. The largest absolute Gasteiger partial charge is 0.486 e. The first-order valence-electron chi connectivity index (χ1n) is 7.49. The molecule has 3 heteroatoms. The molecule has 4 rings (SSSR count). The number of para-hydroxylation sites is 1. The first-order valence-corrected chi connectivity index (χ1v) is 7.49. The average Bonchev–Trinajstić information content (AvgIpc) is 3.09. The van der Waals surface area contributed by atoms with E-state index in [1.165, 1.54) is 0 Å². The fourth-order valence-electron chi connectivity index (χ4n) is 2.65. The van der Waals surface area contributed by atoms with Gasteiger partial charge in [-0.15, -0.1) is 0 Å². The molecule has 0 unspecified atom stereocenters. The third kappa shape index (κ3) is 2.69. The third-order valence-corrected chi connectivity index (χ3v) is 3.81. The van der Waals surface area contributed by atoms with Crippen molar-refractivity contribution in [3.05, 3.63) is 85.0 Å². The Labute approximate surface area is 134 Å². The fraction of sp³-hybridized carbons (Fsp3) is 0.0500. The molecule has 0 bridgehead atoms. The van der Waals surface area contributed by atoms with E-state index in [1.54, 1.807) is 18.7 Å². The highest BCUT2D eigenvalue weighted by atomic mass is 16.5. The van der Waals surface area contributed by atoms with Crippen molar-refractivity contribution in [3.8, 4) is 16.9 Å². The topological polar surface area (TPSA) is 35.3 Å². The van der Waals surface area contributed by atoms with Crippen LogP contribution in [-0.4, -0.2) is 4.98 Å². The van der Waals surface area contributed by atoms with Crippen molar-refractivity contribution >= 4 is 10.9 Å². The molecule has 0 spiro atoms. The molecule has 0 saturated carbocycles. The highest BCUT2D eigenvalue weighted by Gasteiger charge is 2.10. The molecule has 0 N–H and O–H groups in total. The quantitative estimate of drug-likeness (QED) is 0.527. The van der Waals surface area contributed by atoms with E-state index >= 15 is 0 Å². The smallest absolute Gasteiger partial charge is 0.146 e. The Morgan fingerprint density at radius 1 is 0.870 bits per heavy atom. The minimum atomic E-state index is 0.441. The third-order valence-electron chi connectivity index (χ3n) is 3.81. The maximum atomic E-state index is 6.00. The van der Waals surface area contributed by atoms with Gasteiger partial charge in [-0.05, 0) is 17.7 Å². The molecule has 2 aromatic heterocycles. The molecule has 0 aliphatic carbocycles. The van der Waals surface area contributed by atoms with Crippen LogP contribution in [0.5, 0.6) is 5.75 Å². The van der Waals surface area contributed by atoms with Crippen molar-refractivity contribution in [2.24, 2.45) is 0 Å². The summed E-state index contributed by atoms with van der Waals surface area (Å²) in [6.45, 7) is 0.441. The molecule has 0 aliphatic rings. The van der Waals surface area contributed by atoms with Crippen LogP contribution in [0.15, 0.2) is 83.8 Å². The van der Waals surface area contributed by atoms with Crippen LogP contribution in [0.25, 0.3) is 22.0 Å². The number of ether oxygens (including phenoxy) is 1. The molecule has 0 saturated heterocycles. The van der Waals surface area contributed by atoms with E-state index in [4.69, 9.17) is 9.15 Å². The molecule has 0 fully saturated rings. The van der Waals surface area contributed by atoms with Gasteiger partial charge >= 0.3 is 0 Å². The van der Waals surface area contributed by atoms with Crippen LogP contribution in [0.4, 0.5) is 0 Å². The van der Waals surface area contributed by atoms with Gasteiger partial charge < -0.3 is 9.15 Å². The number of hydrogen-bond donors (Lipinski definition) is 0. The summed E-state index contributed by atoms with van der Waals surface area (Å²) in [5, 5.41) is 1.07. The van der Waals surface area contributed by atoms with E-state index in [2.05, 4.69) is 17.1 Å². The van der Waals surface area contributed by atoms with Gasteiger partial charge in [-0.2, -0.15) is 0 Å². The maximum absolute atomic E-state index is 6.00. The summed E-state index contributed by atoms with van der Waals surface area (Å²) in [6.07, 6.45) is 5.28. The summed E-state index contributed by atoms with van der Waals surface area (Å²) in [4.78, 5) is 4.41. The SMILES string of the molecule is c1ccc(-c2cocc2COc2cccc3cccnc23)cc1. The van der Waals surface area contributed by atoms with E-state index in [0.29, 0.717) is 6.61 Å². The van der Waals surface area contributed by atoms with E-state index in [1.807, 2.05) is 48.5 Å². The monoisotopic (exact) mass is 301 g/mol. The van der Waals surface area contributed by atoms with Gasteiger partial charge in [0, 0.05) is 22.7 Å². The van der Waals surface area contributed by atoms with Crippen LogP contribution >= 0.6 is 0 Å². The Hall–Kier alpha value is -3.07. The Balaban J connectivity index is 1.62. The number of fused-ring (bicyclic) bond motifs is 1. The van der Waals surface area contributed by atoms with E-state index in [-0.39, 0.29) is 0 Å². The van der Waals surface area contributed by atoms with Gasteiger partial charge in [-0.25, -0.2) is 0 Å². The van der Waals surface area contributed by atoms with E-state index < -0.39 is 0 Å². The van der Waals surface area contributed by atoms with Gasteiger partial charge in [0.05, 0.1) is 12.5 Å². The van der Waals surface area contributed by atoms with Crippen LogP contribution in [0.3, 0.4) is 0 Å². The second kappa shape index (κ2) is 5.97. The molecule has 0 aliphatic heterocycles. The molecule has 2 heterocycles. The van der Waals surface area contributed by atoms with Crippen molar-refractivity contribution in [3.63, 3.8) is 0 Å². The van der Waals surface area contributed by atoms with Crippen LogP contribution in [0, 0.1) is 0 Å². The Kier molecular flexibility index (Phi) is 3.53. The lowest BCUT2D eigenvalue weighted by Gasteiger charge is -2.09. The van der Waals surface area contributed by atoms with Crippen molar-refractivity contribution in [2.75, 3.05) is 0 Å². The Bertz CT molecular complexity index is 923. The van der Waals surface area contributed by atoms with Gasteiger partial charge in [0.1, 0.15) is 17.9 Å². The van der Waals surface area contributed by atoms with Crippen molar-refractivity contribution < 1.29 is 9.15 Å². The molecule has 112 valence electrons. The normalized spacial score (nSPS) is 10.8. The predicted octanol–water partition coefficient (Wildman–Crippen LogP) is 5.07. The van der Waals surface area contributed by atoms with Crippen LogP contribution in [-0.2, 0) is 6.61 Å². The minimum Gasteiger partial charge on any atom is -0.486 e. The first kappa shape index (κ1) is 13.6. The molecule has 0 radical (unpaired) electrons.